The van der Waals surface area contributed by atoms with E-state index in [0.717, 1.165) is 13.0 Å². The molecule has 0 fully saturated rings. The van der Waals surface area contributed by atoms with E-state index in [9.17, 15) is 0 Å². The maximum atomic E-state index is 5.97. The second-order valence-corrected chi connectivity index (χ2v) is 7.79. The van der Waals surface area contributed by atoms with Gasteiger partial charge in [-0.05, 0) is 53.8 Å². The first kappa shape index (κ1) is 15.2. The summed E-state index contributed by atoms with van der Waals surface area (Å²) in [6, 6.07) is 6.83. The molecule has 0 radical (unpaired) electrons. The lowest BCUT2D eigenvalue weighted by molar-refractivity contribution is 0.257. The summed E-state index contributed by atoms with van der Waals surface area (Å²) in [6.45, 7) is 3.84. The van der Waals surface area contributed by atoms with Crippen LogP contribution in [-0.4, -0.2) is 25.0 Å². The van der Waals surface area contributed by atoms with Crippen LogP contribution in [0.5, 0.6) is 0 Å². The van der Waals surface area contributed by atoms with Crippen LogP contribution < -0.4 is 5.73 Å². The van der Waals surface area contributed by atoms with Crippen LogP contribution in [0.15, 0.2) is 28.1 Å². The number of rotatable bonds is 6. The standard InChI is InChI=1S/C14H19BrN2S2/c1-10-12(15)8-14(19-10)13(9-16)17(2)6-5-11-4-3-7-18-11/h3-4,7-8,13H,5-6,9,16H2,1-2H3. The third kappa shape index (κ3) is 3.89. The van der Waals surface area contributed by atoms with Crippen molar-refractivity contribution in [1.29, 1.82) is 0 Å². The largest absolute Gasteiger partial charge is 0.329 e. The number of hydrogen-bond acceptors (Lipinski definition) is 4. The number of nitrogens with two attached hydrogens (primary N) is 1. The van der Waals surface area contributed by atoms with Crippen LogP contribution in [0.2, 0.25) is 0 Å². The highest BCUT2D eigenvalue weighted by Gasteiger charge is 2.18. The van der Waals surface area contributed by atoms with Gasteiger partial charge in [-0.1, -0.05) is 6.07 Å². The maximum Gasteiger partial charge on any atom is 0.0562 e. The third-order valence-corrected chi connectivity index (χ3v) is 6.43. The molecule has 19 heavy (non-hydrogen) atoms. The van der Waals surface area contributed by atoms with Crippen molar-refractivity contribution in [2.75, 3.05) is 20.1 Å². The van der Waals surface area contributed by atoms with Crippen LogP contribution in [0.1, 0.15) is 20.7 Å². The van der Waals surface area contributed by atoms with Gasteiger partial charge in [0.1, 0.15) is 0 Å². The average molecular weight is 359 g/mol. The van der Waals surface area contributed by atoms with Gasteiger partial charge in [0.2, 0.25) is 0 Å². The second kappa shape index (κ2) is 6.99. The lowest BCUT2D eigenvalue weighted by atomic mass is 10.2. The molecule has 0 aliphatic carbocycles. The predicted molar refractivity (Wildman–Crippen MR) is 89.2 cm³/mol. The van der Waals surface area contributed by atoms with E-state index in [1.165, 1.54) is 19.1 Å². The zero-order chi connectivity index (χ0) is 13.8. The molecule has 1 unspecified atom stereocenters. The van der Waals surface area contributed by atoms with Crippen LogP contribution in [0.4, 0.5) is 0 Å². The molecule has 1 atom stereocenters. The van der Waals surface area contributed by atoms with E-state index >= 15 is 0 Å². The summed E-state index contributed by atoms with van der Waals surface area (Å²) in [5.41, 5.74) is 5.97. The van der Waals surface area contributed by atoms with Gasteiger partial charge in [-0.3, -0.25) is 4.90 Å². The summed E-state index contributed by atoms with van der Waals surface area (Å²) in [5, 5.41) is 2.13. The van der Waals surface area contributed by atoms with Crippen molar-refractivity contribution >= 4 is 38.6 Å². The summed E-state index contributed by atoms with van der Waals surface area (Å²) in [4.78, 5) is 6.46. The highest BCUT2D eigenvalue weighted by Crippen LogP contribution is 2.32. The van der Waals surface area contributed by atoms with E-state index in [1.54, 1.807) is 0 Å². The van der Waals surface area contributed by atoms with Crippen molar-refractivity contribution < 1.29 is 0 Å². The topological polar surface area (TPSA) is 29.3 Å². The Hall–Kier alpha value is -0.200. The van der Waals surface area contributed by atoms with Gasteiger partial charge in [0.25, 0.3) is 0 Å². The first-order chi connectivity index (χ1) is 9.11. The zero-order valence-corrected chi connectivity index (χ0v) is 14.4. The van der Waals surface area contributed by atoms with Gasteiger partial charge < -0.3 is 5.73 Å². The zero-order valence-electron chi connectivity index (χ0n) is 11.2. The molecule has 0 aliphatic rings. The number of nitrogens with zero attached hydrogens (tertiary/aromatic N) is 1. The molecule has 104 valence electrons. The Balaban J connectivity index is 2.00. The van der Waals surface area contributed by atoms with Gasteiger partial charge in [0, 0.05) is 32.2 Å². The van der Waals surface area contributed by atoms with Crippen LogP contribution in [0, 0.1) is 6.92 Å². The van der Waals surface area contributed by atoms with E-state index < -0.39 is 0 Å². The summed E-state index contributed by atoms with van der Waals surface area (Å²) >= 11 is 7.24. The maximum absolute atomic E-state index is 5.97. The molecule has 2 aromatic rings. The molecule has 0 saturated carbocycles. The Morgan fingerprint density at radius 2 is 2.26 bits per heavy atom. The smallest absolute Gasteiger partial charge is 0.0562 e. The summed E-state index contributed by atoms with van der Waals surface area (Å²) in [7, 11) is 2.16. The van der Waals surface area contributed by atoms with E-state index in [-0.39, 0.29) is 0 Å². The Bertz CT molecular complexity index is 488. The molecule has 2 heterocycles. The Morgan fingerprint density at radius 3 is 2.79 bits per heavy atom. The first-order valence-corrected chi connectivity index (χ1v) is 8.79. The normalized spacial score (nSPS) is 13.1. The van der Waals surface area contributed by atoms with Gasteiger partial charge in [-0.2, -0.15) is 0 Å². The van der Waals surface area contributed by atoms with Gasteiger partial charge >= 0.3 is 0 Å². The van der Waals surface area contributed by atoms with Crippen LogP contribution in [-0.2, 0) is 6.42 Å². The molecule has 2 N–H and O–H groups in total. The molecule has 0 spiro atoms. The van der Waals surface area contributed by atoms with Crippen LogP contribution in [0.3, 0.4) is 0 Å². The van der Waals surface area contributed by atoms with Crippen LogP contribution >= 0.6 is 38.6 Å². The molecule has 0 bridgehead atoms. The summed E-state index contributed by atoms with van der Waals surface area (Å²) in [6.07, 6.45) is 1.09. The van der Waals surface area contributed by atoms with Gasteiger partial charge in [0.15, 0.2) is 0 Å². The molecule has 2 aromatic heterocycles. The monoisotopic (exact) mass is 358 g/mol. The van der Waals surface area contributed by atoms with Gasteiger partial charge in [-0.15, -0.1) is 22.7 Å². The Morgan fingerprint density at radius 1 is 1.47 bits per heavy atom. The number of halogens is 1. The lowest BCUT2D eigenvalue weighted by Crippen LogP contribution is -2.31. The fourth-order valence-corrected chi connectivity index (χ4v) is 4.49. The molecule has 0 aromatic carbocycles. The first-order valence-electron chi connectivity index (χ1n) is 6.30. The van der Waals surface area contributed by atoms with Crippen molar-refractivity contribution in [2.24, 2.45) is 5.73 Å². The fourth-order valence-electron chi connectivity index (χ4n) is 2.06. The number of likely N-dealkylation sites (N-methyl/N-ethyl adjacent to an activating group) is 1. The van der Waals surface area contributed by atoms with Gasteiger partial charge in [-0.25, -0.2) is 0 Å². The highest BCUT2D eigenvalue weighted by atomic mass is 79.9. The molecule has 0 amide bonds. The van der Waals surface area contributed by atoms with Gasteiger partial charge in [0.05, 0.1) is 6.04 Å². The minimum absolute atomic E-state index is 0.315. The van der Waals surface area contributed by atoms with E-state index in [4.69, 9.17) is 5.73 Å². The fraction of sp³-hybridized carbons (Fsp3) is 0.429. The van der Waals surface area contributed by atoms with Crippen molar-refractivity contribution in [3.63, 3.8) is 0 Å². The second-order valence-electron chi connectivity index (χ2n) is 4.61. The third-order valence-electron chi connectivity index (χ3n) is 3.25. The number of aryl methyl sites for hydroxylation is 1. The molecule has 0 aliphatic heterocycles. The molecular formula is C14H19BrN2S2. The van der Waals surface area contributed by atoms with Crippen molar-refractivity contribution in [3.05, 3.63) is 42.7 Å². The quantitative estimate of drug-likeness (QED) is 0.843. The van der Waals surface area contributed by atoms with E-state index in [1.807, 2.05) is 22.7 Å². The molecule has 2 rings (SSSR count). The Labute approximate surface area is 131 Å². The van der Waals surface area contributed by atoms with Crippen molar-refractivity contribution in [2.45, 2.75) is 19.4 Å². The number of hydrogen-bond donors (Lipinski definition) is 1. The predicted octanol–water partition coefficient (Wildman–Crippen LogP) is 4.05. The molecule has 2 nitrogen and oxygen atoms in total. The van der Waals surface area contributed by atoms with Crippen LogP contribution in [0.25, 0.3) is 0 Å². The molecule has 0 saturated heterocycles. The summed E-state index contributed by atoms with van der Waals surface area (Å²) in [5.74, 6) is 0. The molecular weight excluding hydrogens is 340 g/mol. The van der Waals surface area contributed by atoms with Crippen molar-refractivity contribution in [3.8, 4) is 0 Å². The molecule has 5 heteroatoms. The minimum Gasteiger partial charge on any atom is -0.329 e. The minimum atomic E-state index is 0.315. The van der Waals surface area contributed by atoms with Crippen molar-refractivity contribution in [1.82, 2.24) is 4.90 Å². The SMILES string of the molecule is Cc1sc(C(CN)N(C)CCc2cccs2)cc1Br. The summed E-state index contributed by atoms with van der Waals surface area (Å²) < 4.78 is 1.19. The number of thiophene rings is 2. The van der Waals surface area contributed by atoms with E-state index in [2.05, 4.69) is 58.4 Å². The average Bonchev–Trinajstić information content (AvgIpc) is 2.99. The highest BCUT2D eigenvalue weighted by molar-refractivity contribution is 9.10. The van der Waals surface area contributed by atoms with E-state index in [0.29, 0.717) is 12.6 Å². The lowest BCUT2D eigenvalue weighted by Gasteiger charge is -2.25. The Kier molecular flexibility index (Phi) is 5.59.